The van der Waals surface area contributed by atoms with Crippen molar-refractivity contribution in [1.82, 2.24) is 0 Å². The van der Waals surface area contributed by atoms with E-state index in [1.165, 1.54) is 135 Å². The zero-order valence-corrected chi connectivity index (χ0v) is 30.0. The van der Waals surface area contributed by atoms with Crippen molar-refractivity contribution in [3.05, 3.63) is 0 Å². The molecule has 1 N–H and O–H groups in total. The van der Waals surface area contributed by atoms with E-state index < -0.39 is 6.10 Å². The van der Waals surface area contributed by atoms with Gasteiger partial charge in [0.15, 0.2) is 6.10 Å². The summed E-state index contributed by atoms with van der Waals surface area (Å²) < 4.78 is 10.6. The van der Waals surface area contributed by atoms with Crippen LogP contribution in [0, 0.1) is 11.8 Å². The van der Waals surface area contributed by atoms with Crippen LogP contribution in [0.2, 0.25) is 0 Å². The van der Waals surface area contributed by atoms with E-state index in [4.69, 9.17) is 9.47 Å². The Kier molecular flexibility index (Phi) is 32.4. The topological polar surface area (TPSA) is 72.8 Å². The first-order valence-electron chi connectivity index (χ1n) is 19.3. The van der Waals surface area contributed by atoms with Gasteiger partial charge in [-0.05, 0) is 24.7 Å². The molecule has 5 heteroatoms. The minimum absolute atomic E-state index is 0.0588. The number of aliphatic hydroxyl groups excluding tert-OH is 1. The van der Waals surface area contributed by atoms with Crippen molar-refractivity contribution in [2.45, 2.75) is 214 Å². The number of unbranched alkanes of at least 4 members (excludes halogenated alkanes) is 22. The summed E-state index contributed by atoms with van der Waals surface area (Å²) in [4.78, 5) is 24.2. The lowest BCUT2D eigenvalue weighted by Gasteiger charge is -2.15. The number of carbonyl (C=O) groups excluding carboxylic acids is 2. The number of hydrogen-bond donors (Lipinski definition) is 1. The molecule has 0 radical (unpaired) electrons. The summed E-state index contributed by atoms with van der Waals surface area (Å²) in [7, 11) is 0. The number of aliphatic hydroxyl groups is 1. The standard InChI is InChI=1S/C39H76O5/c1-35(2)29-25-21-17-13-9-6-5-7-11-15-19-23-27-31-38(41)43-34-37(33-40)44-39(42)32-28-24-20-16-12-8-10-14-18-22-26-30-36(3)4/h35-37,40H,5-34H2,1-4H3/t37-/m0/s1. The molecular formula is C39H76O5. The lowest BCUT2D eigenvalue weighted by atomic mass is 10.0. The number of ether oxygens (including phenoxy) is 2. The van der Waals surface area contributed by atoms with Crippen molar-refractivity contribution in [3.8, 4) is 0 Å². The van der Waals surface area contributed by atoms with Crippen LogP contribution in [0.5, 0.6) is 0 Å². The molecule has 0 aliphatic carbocycles. The summed E-state index contributed by atoms with van der Waals surface area (Å²) in [6.45, 7) is 8.84. The Balaban J connectivity index is 3.51. The maximum atomic E-state index is 12.1. The van der Waals surface area contributed by atoms with E-state index >= 15 is 0 Å². The van der Waals surface area contributed by atoms with Crippen LogP contribution in [0.3, 0.4) is 0 Å². The average Bonchev–Trinajstić information content (AvgIpc) is 2.99. The molecule has 0 unspecified atom stereocenters. The predicted molar refractivity (Wildman–Crippen MR) is 187 cm³/mol. The molecular weight excluding hydrogens is 548 g/mol. The first kappa shape index (κ1) is 42.9. The van der Waals surface area contributed by atoms with Crippen molar-refractivity contribution in [1.29, 1.82) is 0 Å². The minimum Gasteiger partial charge on any atom is -0.462 e. The third-order valence-electron chi connectivity index (χ3n) is 8.76. The molecule has 5 nitrogen and oxygen atoms in total. The molecule has 0 spiro atoms. The van der Waals surface area contributed by atoms with E-state index in [0.717, 1.165) is 43.9 Å². The zero-order valence-electron chi connectivity index (χ0n) is 30.0. The highest BCUT2D eigenvalue weighted by Gasteiger charge is 2.16. The number of rotatable bonds is 34. The van der Waals surface area contributed by atoms with Gasteiger partial charge in [-0.25, -0.2) is 0 Å². The Morgan fingerprint density at radius 1 is 0.455 bits per heavy atom. The van der Waals surface area contributed by atoms with Gasteiger partial charge in [-0.2, -0.15) is 0 Å². The maximum Gasteiger partial charge on any atom is 0.306 e. The highest BCUT2D eigenvalue weighted by Crippen LogP contribution is 2.16. The number of carbonyl (C=O) groups is 2. The van der Waals surface area contributed by atoms with Gasteiger partial charge < -0.3 is 14.6 Å². The fraction of sp³-hybridized carbons (Fsp3) is 0.949. The Labute approximate surface area is 274 Å². The molecule has 0 aliphatic heterocycles. The Morgan fingerprint density at radius 3 is 1.07 bits per heavy atom. The molecule has 44 heavy (non-hydrogen) atoms. The largest absolute Gasteiger partial charge is 0.462 e. The molecule has 0 aromatic heterocycles. The lowest BCUT2D eigenvalue weighted by Crippen LogP contribution is -2.28. The van der Waals surface area contributed by atoms with Crippen LogP contribution in [0.4, 0.5) is 0 Å². The van der Waals surface area contributed by atoms with E-state index in [9.17, 15) is 14.7 Å². The smallest absolute Gasteiger partial charge is 0.306 e. The highest BCUT2D eigenvalue weighted by molar-refractivity contribution is 5.70. The summed E-state index contributed by atoms with van der Waals surface area (Å²) >= 11 is 0. The van der Waals surface area contributed by atoms with Gasteiger partial charge in [0.2, 0.25) is 0 Å². The molecule has 0 bridgehead atoms. The molecule has 0 aromatic carbocycles. The second-order valence-corrected chi connectivity index (χ2v) is 14.3. The third kappa shape index (κ3) is 33.8. The molecule has 0 amide bonds. The summed E-state index contributed by atoms with van der Waals surface area (Å²) in [6, 6.07) is 0. The van der Waals surface area contributed by atoms with Crippen LogP contribution >= 0.6 is 0 Å². The van der Waals surface area contributed by atoms with E-state index in [1.54, 1.807) is 0 Å². The molecule has 0 saturated carbocycles. The second kappa shape index (κ2) is 33.3. The van der Waals surface area contributed by atoms with Gasteiger partial charge in [0.1, 0.15) is 6.61 Å². The minimum atomic E-state index is -0.762. The van der Waals surface area contributed by atoms with E-state index in [-0.39, 0.29) is 25.2 Å². The van der Waals surface area contributed by atoms with Gasteiger partial charge in [-0.3, -0.25) is 9.59 Å². The quantitative estimate of drug-likeness (QED) is 0.0569. The van der Waals surface area contributed by atoms with Crippen LogP contribution in [-0.4, -0.2) is 36.4 Å². The molecule has 1 atom stereocenters. The monoisotopic (exact) mass is 625 g/mol. The van der Waals surface area contributed by atoms with Crippen molar-refractivity contribution in [2.24, 2.45) is 11.8 Å². The summed E-state index contributed by atoms with van der Waals surface area (Å²) in [5, 5.41) is 9.54. The van der Waals surface area contributed by atoms with Crippen molar-refractivity contribution in [2.75, 3.05) is 13.2 Å². The molecule has 0 aliphatic rings. The molecule has 0 aromatic rings. The van der Waals surface area contributed by atoms with Gasteiger partial charge in [0, 0.05) is 12.8 Å². The summed E-state index contributed by atoms with van der Waals surface area (Å²) in [5.41, 5.74) is 0. The fourth-order valence-corrected chi connectivity index (χ4v) is 5.81. The Bertz CT molecular complexity index is 618. The van der Waals surface area contributed by atoms with Crippen LogP contribution in [-0.2, 0) is 19.1 Å². The van der Waals surface area contributed by atoms with E-state index in [1.807, 2.05) is 0 Å². The van der Waals surface area contributed by atoms with Gasteiger partial charge >= 0.3 is 11.9 Å². The molecule has 0 rings (SSSR count). The van der Waals surface area contributed by atoms with Gasteiger partial charge in [0.25, 0.3) is 0 Å². The molecule has 262 valence electrons. The average molecular weight is 625 g/mol. The normalized spacial score (nSPS) is 12.2. The summed E-state index contributed by atoms with van der Waals surface area (Å²) in [5.74, 6) is 1.10. The Morgan fingerprint density at radius 2 is 0.750 bits per heavy atom. The zero-order chi connectivity index (χ0) is 32.5. The van der Waals surface area contributed by atoms with Crippen LogP contribution in [0.1, 0.15) is 207 Å². The molecule has 0 saturated heterocycles. The van der Waals surface area contributed by atoms with Gasteiger partial charge in [0.05, 0.1) is 6.61 Å². The van der Waals surface area contributed by atoms with E-state index in [0.29, 0.717) is 12.8 Å². The summed E-state index contributed by atoms with van der Waals surface area (Å²) in [6.07, 6.45) is 33.0. The molecule has 0 fully saturated rings. The van der Waals surface area contributed by atoms with Crippen LogP contribution < -0.4 is 0 Å². The van der Waals surface area contributed by atoms with E-state index in [2.05, 4.69) is 27.7 Å². The first-order chi connectivity index (χ1) is 21.3. The van der Waals surface area contributed by atoms with Crippen molar-refractivity contribution in [3.63, 3.8) is 0 Å². The van der Waals surface area contributed by atoms with Gasteiger partial charge in [-0.1, -0.05) is 182 Å². The van der Waals surface area contributed by atoms with Crippen LogP contribution in [0.25, 0.3) is 0 Å². The highest BCUT2D eigenvalue weighted by atomic mass is 16.6. The van der Waals surface area contributed by atoms with Crippen molar-refractivity contribution < 1.29 is 24.2 Å². The third-order valence-corrected chi connectivity index (χ3v) is 8.76. The predicted octanol–water partition coefficient (Wildman–Crippen LogP) is 11.7. The van der Waals surface area contributed by atoms with Crippen LogP contribution in [0.15, 0.2) is 0 Å². The fourth-order valence-electron chi connectivity index (χ4n) is 5.81. The number of esters is 2. The second-order valence-electron chi connectivity index (χ2n) is 14.3. The molecule has 0 heterocycles. The maximum absolute atomic E-state index is 12.1. The Hall–Kier alpha value is -1.10. The van der Waals surface area contributed by atoms with Crippen molar-refractivity contribution >= 4 is 11.9 Å². The lowest BCUT2D eigenvalue weighted by molar-refractivity contribution is -0.161. The van der Waals surface area contributed by atoms with Gasteiger partial charge in [-0.15, -0.1) is 0 Å². The SMILES string of the molecule is CC(C)CCCCCCCCCCCCCCCC(=O)OC[C@H](CO)OC(=O)CCCCCCCCCCCCCC(C)C. The number of hydrogen-bond acceptors (Lipinski definition) is 5. The first-order valence-corrected chi connectivity index (χ1v) is 19.3.